The van der Waals surface area contributed by atoms with Gasteiger partial charge in [0.05, 0.1) is 22.8 Å². The Morgan fingerprint density at radius 3 is 2.41 bits per heavy atom. The summed E-state index contributed by atoms with van der Waals surface area (Å²) in [6.07, 6.45) is 2.72. The predicted molar refractivity (Wildman–Crippen MR) is 108 cm³/mol. The molecule has 2 N–H and O–H groups in total. The molecule has 0 aromatic carbocycles. The van der Waals surface area contributed by atoms with Gasteiger partial charge in [0.2, 0.25) is 0 Å². The Morgan fingerprint density at radius 2 is 1.86 bits per heavy atom. The van der Waals surface area contributed by atoms with Crippen molar-refractivity contribution < 1.29 is 24.5 Å². The summed E-state index contributed by atoms with van der Waals surface area (Å²) in [4.78, 5) is 34.2. The second kappa shape index (κ2) is 9.28. The summed E-state index contributed by atoms with van der Waals surface area (Å²) in [5, 5.41) is 20.5. The number of halogens is 2. The number of pyridine rings is 2. The number of rotatable bonds is 7. The molecule has 0 aliphatic rings. The second-order valence-corrected chi connectivity index (χ2v) is 7.33. The average Bonchev–Trinajstić information content (AvgIpc) is 2.67. The molecule has 3 unspecified atom stereocenters. The number of nitrogens with zero attached hydrogens (tertiary/aromatic N) is 3. The van der Waals surface area contributed by atoms with Crippen LogP contribution in [0.1, 0.15) is 42.9 Å². The standard InChI is InChI=1S/C19H21Cl2N3O5/c1-9(15-13(21)7-12(20)8-23-15)10(2)24(11(3)19(27)28)18(26)16-17(25)14(29-4)5-6-22-16/h5-11,25H,1-4H3,(H,27,28). The average molecular weight is 442 g/mol. The highest BCUT2D eigenvalue weighted by atomic mass is 35.5. The third-order valence-corrected chi connectivity index (χ3v) is 5.26. The molecule has 0 fully saturated rings. The van der Waals surface area contributed by atoms with Gasteiger partial charge in [-0.05, 0) is 19.9 Å². The van der Waals surface area contributed by atoms with Gasteiger partial charge in [-0.15, -0.1) is 0 Å². The predicted octanol–water partition coefficient (Wildman–Crippen LogP) is 3.61. The molecule has 0 saturated heterocycles. The van der Waals surface area contributed by atoms with Crippen LogP contribution in [0.5, 0.6) is 11.5 Å². The minimum atomic E-state index is -1.21. The van der Waals surface area contributed by atoms with Crippen molar-refractivity contribution in [3.05, 3.63) is 46.0 Å². The zero-order valence-corrected chi connectivity index (χ0v) is 17.8. The van der Waals surface area contributed by atoms with Crippen molar-refractivity contribution in [2.24, 2.45) is 0 Å². The van der Waals surface area contributed by atoms with Crippen LogP contribution in [0.15, 0.2) is 24.5 Å². The molecule has 29 heavy (non-hydrogen) atoms. The number of methoxy groups -OCH3 is 1. The molecule has 10 heteroatoms. The number of carboxylic acid groups (broad SMARTS) is 1. The van der Waals surface area contributed by atoms with Gasteiger partial charge in [0.1, 0.15) is 6.04 Å². The Morgan fingerprint density at radius 1 is 1.21 bits per heavy atom. The zero-order valence-electron chi connectivity index (χ0n) is 16.3. The van der Waals surface area contributed by atoms with Crippen LogP contribution in [0.3, 0.4) is 0 Å². The van der Waals surface area contributed by atoms with E-state index in [0.717, 1.165) is 4.90 Å². The quantitative estimate of drug-likeness (QED) is 0.674. The van der Waals surface area contributed by atoms with E-state index >= 15 is 0 Å². The SMILES string of the molecule is COc1ccnc(C(=O)N(C(C)C(=O)O)C(C)C(C)c2ncc(Cl)cc2Cl)c1O. The molecule has 0 aliphatic heterocycles. The van der Waals surface area contributed by atoms with Crippen LogP contribution in [0, 0.1) is 0 Å². The first-order valence-corrected chi connectivity index (χ1v) is 9.44. The Labute approximate surface area is 178 Å². The number of aromatic hydroxyl groups is 1. The maximum absolute atomic E-state index is 13.2. The molecule has 2 aromatic heterocycles. The lowest BCUT2D eigenvalue weighted by Crippen LogP contribution is -2.50. The summed E-state index contributed by atoms with van der Waals surface area (Å²) in [5.74, 6) is -2.84. The van der Waals surface area contributed by atoms with Crippen molar-refractivity contribution in [1.29, 1.82) is 0 Å². The van der Waals surface area contributed by atoms with Crippen LogP contribution in [0.25, 0.3) is 0 Å². The van der Waals surface area contributed by atoms with Gasteiger partial charge in [-0.2, -0.15) is 0 Å². The Hall–Kier alpha value is -2.58. The molecule has 1 amide bonds. The number of aliphatic carboxylic acids is 1. The highest BCUT2D eigenvalue weighted by molar-refractivity contribution is 6.34. The van der Waals surface area contributed by atoms with Crippen LogP contribution in [-0.2, 0) is 4.79 Å². The monoisotopic (exact) mass is 441 g/mol. The summed E-state index contributed by atoms with van der Waals surface area (Å²) in [6, 6.07) is 1.04. The van der Waals surface area contributed by atoms with Gasteiger partial charge in [0.25, 0.3) is 5.91 Å². The van der Waals surface area contributed by atoms with Gasteiger partial charge in [0, 0.05) is 30.4 Å². The minimum absolute atomic E-state index is 0.0504. The largest absolute Gasteiger partial charge is 0.503 e. The third kappa shape index (κ3) is 4.71. The van der Waals surface area contributed by atoms with Crippen LogP contribution in [-0.4, -0.2) is 56.2 Å². The van der Waals surface area contributed by atoms with Gasteiger partial charge in [-0.1, -0.05) is 30.1 Å². The van der Waals surface area contributed by atoms with E-state index < -0.39 is 35.6 Å². The highest BCUT2D eigenvalue weighted by Crippen LogP contribution is 2.33. The van der Waals surface area contributed by atoms with Crippen molar-refractivity contribution >= 4 is 35.1 Å². The van der Waals surface area contributed by atoms with E-state index in [1.807, 2.05) is 0 Å². The van der Waals surface area contributed by atoms with Crippen molar-refractivity contribution in [2.75, 3.05) is 7.11 Å². The van der Waals surface area contributed by atoms with Crippen LogP contribution in [0.4, 0.5) is 0 Å². The molecule has 2 aromatic rings. The van der Waals surface area contributed by atoms with E-state index in [-0.39, 0.29) is 11.4 Å². The number of carbonyl (C=O) groups is 2. The Balaban J connectivity index is 2.50. The number of ether oxygens (including phenoxy) is 1. The lowest BCUT2D eigenvalue weighted by molar-refractivity contribution is -0.142. The van der Waals surface area contributed by atoms with E-state index in [9.17, 15) is 19.8 Å². The number of carboxylic acids is 1. The van der Waals surface area contributed by atoms with E-state index in [1.54, 1.807) is 13.8 Å². The summed E-state index contributed by atoms with van der Waals surface area (Å²) in [5.41, 5.74) is 0.147. The Bertz CT molecular complexity index is 925. The van der Waals surface area contributed by atoms with Gasteiger partial charge < -0.3 is 19.8 Å². The van der Waals surface area contributed by atoms with Gasteiger partial charge in [0.15, 0.2) is 17.2 Å². The fourth-order valence-electron chi connectivity index (χ4n) is 2.94. The Kier molecular flexibility index (Phi) is 7.26. The molecule has 156 valence electrons. The number of aromatic nitrogens is 2. The van der Waals surface area contributed by atoms with Crippen LogP contribution in [0.2, 0.25) is 10.0 Å². The van der Waals surface area contributed by atoms with Crippen molar-refractivity contribution in [2.45, 2.75) is 38.8 Å². The third-order valence-electron chi connectivity index (χ3n) is 4.75. The van der Waals surface area contributed by atoms with Crippen molar-refractivity contribution in [3.63, 3.8) is 0 Å². The molecular formula is C19H21Cl2N3O5. The van der Waals surface area contributed by atoms with Gasteiger partial charge in [-0.3, -0.25) is 9.78 Å². The van der Waals surface area contributed by atoms with Crippen LogP contribution >= 0.6 is 23.2 Å². The lowest BCUT2D eigenvalue weighted by atomic mass is 9.95. The fourth-order valence-corrected chi connectivity index (χ4v) is 3.49. The van der Waals surface area contributed by atoms with Gasteiger partial charge in [-0.25, -0.2) is 9.78 Å². The number of hydrogen-bond acceptors (Lipinski definition) is 6. The minimum Gasteiger partial charge on any atom is -0.503 e. The summed E-state index contributed by atoms with van der Waals surface area (Å²) in [7, 11) is 1.33. The maximum atomic E-state index is 13.2. The first-order valence-electron chi connectivity index (χ1n) is 8.68. The molecule has 2 heterocycles. The molecule has 0 bridgehead atoms. The topological polar surface area (TPSA) is 113 Å². The van der Waals surface area contributed by atoms with E-state index in [2.05, 4.69) is 9.97 Å². The molecule has 8 nitrogen and oxygen atoms in total. The molecule has 0 spiro atoms. The molecule has 0 aliphatic carbocycles. The van der Waals surface area contributed by atoms with E-state index in [0.29, 0.717) is 15.7 Å². The maximum Gasteiger partial charge on any atom is 0.326 e. The molecule has 2 rings (SSSR count). The smallest absolute Gasteiger partial charge is 0.326 e. The molecule has 0 saturated carbocycles. The summed E-state index contributed by atoms with van der Waals surface area (Å²) < 4.78 is 5.01. The zero-order chi connectivity index (χ0) is 21.9. The lowest BCUT2D eigenvalue weighted by Gasteiger charge is -2.36. The van der Waals surface area contributed by atoms with Crippen molar-refractivity contribution in [3.8, 4) is 11.5 Å². The second-order valence-electron chi connectivity index (χ2n) is 6.49. The normalized spacial score (nSPS) is 14.0. The van der Waals surface area contributed by atoms with E-state index in [1.165, 1.54) is 38.6 Å². The molecular weight excluding hydrogens is 421 g/mol. The first-order chi connectivity index (χ1) is 13.6. The van der Waals surface area contributed by atoms with Crippen molar-refractivity contribution in [1.82, 2.24) is 14.9 Å². The van der Waals surface area contributed by atoms with Gasteiger partial charge >= 0.3 is 5.97 Å². The fraction of sp³-hybridized carbons (Fsp3) is 0.368. The summed E-state index contributed by atoms with van der Waals surface area (Å²) in [6.45, 7) is 4.81. The molecule has 0 radical (unpaired) electrons. The van der Waals surface area contributed by atoms with E-state index in [4.69, 9.17) is 27.9 Å². The summed E-state index contributed by atoms with van der Waals surface area (Å²) >= 11 is 12.1. The number of hydrogen-bond donors (Lipinski definition) is 2. The number of amides is 1. The molecule has 3 atom stereocenters. The number of carbonyl (C=O) groups excluding carboxylic acids is 1. The highest BCUT2D eigenvalue weighted by Gasteiger charge is 2.36. The first kappa shape index (κ1) is 22.7. The van der Waals surface area contributed by atoms with Crippen LogP contribution < -0.4 is 4.74 Å².